The summed E-state index contributed by atoms with van der Waals surface area (Å²) in [5, 5.41) is 0. The van der Waals surface area contributed by atoms with Crippen molar-refractivity contribution in [3.63, 3.8) is 0 Å². The van der Waals surface area contributed by atoms with Crippen LogP contribution in [0.4, 0.5) is 0 Å². The second-order valence-corrected chi connectivity index (χ2v) is 3.39. The molecule has 12 heavy (non-hydrogen) atoms. The third kappa shape index (κ3) is 1.41. The minimum absolute atomic E-state index is 0.501. The molecule has 60 valence electrons. The van der Waals surface area contributed by atoms with Crippen molar-refractivity contribution in [2.75, 3.05) is 0 Å². The van der Waals surface area contributed by atoms with Gasteiger partial charge in [0.05, 0.1) is 10.6 Å². The van der Waals surface area contributed by atoms with Gasteiger partial charge in [-0.25, -0.2) is 9.36 Å². The number of aromatic nitrogens is 3. The van der Waals surface area contributed by atoms with Crippen LogP contribution in [0.2, 0.25) is 0 Å². The van der Waals surface area contributed by atoms with Gasteiger partial charge < -0.3 is 4.98 Å². The van der Waals surface area contributed by atoms with Crippen LogP contribution in [0.5, 0.6) is 0 Å². The molecule has 0 aliphatic carbocycles. The van der Waals surface area contributed by atoms with E-state index in [1.54, 1.807) is 12.4 Å². The number of hydrogen-bond donors (Lipinski definition) is 1. The van der Waals surface area contributed by atoms with Gasteiger partial charge in [-0.3, -0.25) is 0 Å². The van der Waals surface area contributed by atoms with Gasteiger partial charge in [-0.2, -0.15) is 0 Å². The van der Waals surface area contributed by atoms with Gasteiger partial charge in [0.1, 0.15) is 0 Å². The Labute approximate surface area is 78.3 Å². The van der Waals surface area contributed by atoms with E-state index in [1.165, 1.54) is 11.5 Å². The first-order valence-corrected chi connectivity index (χ1v) is 4.51. The Balaban J connectivity index is 2.55. The van der Waals surface area contributed by atoms with Crippen molar-refractivity contribution in [2.24, 2.45) is 0 Å². The lowest BCUT2D eigenvalue weighted by Gasteiger charge is -1.93. The summed E-state index contributed by atoms with van der Waals surface area (Å²) < 4.78 is 4.50. The molecule has 0 saturated carbocycles. The van der Waals surface area contributed by atoms with Gasteiger partial charge in [-0.05, 0) is 35.9 Å². The summed E-state index contributed by atoms with van der Waals surface area (Å²) in [7, 11) is 0. The van der Waals surface area contributed by atoms with E-state index < -0.39 is 0 Å². The number of hydrogen-bond acceptors (Lipinski definition) is 4. The molecule has 2 rings (SSSR count). The van der Waals surface area contributed by atoms with Crippen molar-refractivity contribution in [1.82, 2.24) is 14.3 Å². The quantitative estimate of drug-likeness (QED) is 0.710. The van der Waals surface area contributed by atoms with E-state index in [0.29, 0.717) is 4.77 Å². The second kappa shape index (κ2) is 3.12. The maximum atomic E-state index is 4.89. The van der Waals surface area contributed by atoms with Gasteiger partial charge in [0, 0.05) is 12.4 Å². The third-order valence-corrected chi connectivity index (χ3v) is 2.37. The first-order valence-electron chi connectivity index (χ1n) is 3.32. The molecule has 0 saturated heterocycles. The number of rotatable bonds is 1. The lowest BCUT2D eigenvalue weighted by atomic mass is 10.3. The van der Waals surface area contributed by atoms with Gasteiger partial charge in [0.2, 0.25) is 0 Å². The molecule has 5 heteroatoms. The van der Waals surface area contributed by atoms with Crippen LogP contribution in [0.15, 0.2) is 24.5 Å². The molecular weight excluding hydrogens is 190 g/mol. The molecule has 0 aliphatic rings. The average molecular weight is 195 g/mol. The van der Waals surface area contributed by atoms with Crippen molar-refractivity contribution in [3.05, 3.63) is 29.3 Å². The molecule has 0 atom stereocenters. The SMILES string of the molecule is S=c1nccc(-c2ccns2)[nH]1. The fourth-order valence-electron chi connectivity index (χ4n) is 0.867. The monoisotopic (exact) mass is 195 g/mol. The fraction of sp³-hybridized carbons (Fsp3) is 0. The highest BCUT2D eigenvalue weighted by Crippen LogP contribution is 2.18. The molecule has 0 radical (unpaired) electrons. The van der Waals surface area contributed by atoms with E-state index in [4.69, 9.17) is 12.2 Å². The third-order valence-electron chi connectivity index (χ3n) is 1.38. The Morgan fingerprint density at radius 2 is 2.25 bits per heavy atom. The van der Waals surface area contributed by atoms with Crippen molar-refractivity contribution >= 4 is 23.8 Å². The maximum absolute atomic E-state index is 4.89. The van der Waals surface area contributed by atoms with E-state index in [9.17, 15) is 0 Å². The minimum Gasteiger partial charge on any atom is -0.330 e. The van der Waals surface area contributed by atoms with E-state index in [0.717, 1.165) is 10.6 Å². The summed E-state index contributed by atoms with van der Waals surface area (Å²) in [6, 6.07) is 3.81. The van der Waals surface area contributed by atoms with Crippen LogP contribution >= 0.6 is 23.8 Å². The Morgan fingerprint density at radius 1 is 1.33 bits per heavy atom. The molecule has 0 aromatic carbocycles. The molecule has 0 fully saturated rings. The highest BCUT2D eigenvalue weighted by molar-refractivity contribution is 7.71. The zero-order valence-corrected chi connectivity index (χ0v) is 7.65. The van der Waals surface area contributed by atoms with Crippen LogP contribution in [0.1, 0.15) is 0 Å². The van der Waals surface area contributed by atoms with Gasteiger partial charge in [-0.1, -0.05) is 0 Å². The van der Waals surface area contributed by atoms with E-state index in [2.05, 4.69) is 14.3 Å². The second-order valence-electron chi connectivity index (χ2n) is 2.17. The minimum atomic E-state index is 0.501. The van der Waals surface area contributed by atoms with Gasteiger partial charge in [0.15, 0.2) is 4.77 Å². The van der Waals surface area contributed by atoms with Crippen molar-refractivity contribution in [1.29, 1.82) is 0 Å². The molecule has 0 amide bonds. The Bertz CT molecular complexity index is 418. The molecule has 2 heterocycles. The van der Waals surface area contributed by atoms with Crippen molar-refractivity contribution < 1.29 is 0 Å². The number of H-pyrrole nitrogens is 1. The summed E-state index contributed by atoms with van der Waals surface area (Å²) in [5.41, 5.74) is 0.970. The van der Waals surface area contributed by atoms with Gasteiger partial charge in [0.25, 0.3) is 0 Å². The number of aromatic amines is 1. The van der Waals surface area contributed by atoms with E-state index in [1.807, 2.05) is 12.1 Å². The van der Waals surface area contributed by atoms with E-state index in [-0.39, 0.29) is 0 Å². The predicted octanol–water partition coefficient (Wildman–Crippen LogP) is 2.26. The Hall–Kier alpha value is -1.07. The molecule has 2 aromatic heterocycles. The van der Waals surface area contributed by atoms with Crippen LogP contribution in [-0.2, 0) is 0 Å². The van der Waals surface area contributed by atoms with Gasteiger partial charge in [-0.15, -0.1) is 0 Å². The summed E-state index contributed by atoms with van der Waals surface area (Å²) in [4.78, 5) is 7.95. The summed E-state index contributed by atoms with van der Waals surface area (Å²) >= 11 is 6.32. The number of nitrogens with one attached hydrogen (secondary N) is 1. The Kier molecular flexibility index (Phi) is 1.97. The van der Waals surface area contributed by atoms with Crippen LogP contribution in [0.25, 0.3) is 10.6 Å². The van der Waals surface area contributed by atoms with Crippen LogP contribution in [0, 0.1) is 4.77 Å². The summed E-state index contributed by atoms with van der Waals surface area (Å²) in [6.07, 6.45) is 3.45. The molecule has 2 aromatic rings. The first kappa shape index (κ1) is 7.57. The normalized spacial score (nSPS) is 10.0. The van der Waals surface area contributed by atoms with Crippen LogP contribution in [-0.4, -0.2) is 14.3 Å². The molecule has 0 unspecified atom stereocenters. The summed E-state index contributed by atoms with van der Waals surface area (Å²) in [5.74, 6) is 0. The fourth-order valence-corrected chi connectivity index (χ4v) is 1.61. The van der Waals surface area contributed by atoms with Crippen molar-refractivity contribution in [3.8, 4) is 10.6 Å². The molecule has 0 spiro atoms. The predicted molar refractivity (Wildman–Crippen MR) is 50.5 cm³/mol. The van der Waals surface area contributed by atoms with Gasteiger partial charge >= 0.3 is 0 Å². The average Bonchev–Trinajstić information content (AvgIpc) is 2.56. The summed E-state index contributed by atoms with van der Waals surface area (Å²) in [6.45, 7) is 0. The zero-order valence-electron chi connectivity index (χ0n) is 6.02. The lowest BCUT2D eigenvalue weighted by molar-refractivity contribution is 1.14. The highest BCUT2D eigenvalue weighted by Gasteiger charge is 1.97. The highest BCUT2D eigenvalue weighted by atomic mass is 32.1. The molecule has 0 aliphatic heterocycles. The molecule has 3 nitrogen and oxygen atoms in total. The van der Waals surface area contributed by atoms with E-state index >= 15 is 0 Å². The maximum Gasteiger partial charge on any atom is 0.197 e. The lowest BCUT2D eigenvalue weighted by Crippen LogP contribution is -1.82. The van der Waals surface area contributed by atoms with Crippen LogP contribution < -0.4 is 0 Å². The molecular formula is C7H5N3S2. The standard InChI is InChI=1S/C7H5N3S2/c11-7-8-3-1-5(10-7)6-2-4-9-12-6/h1-4H,(H,8,10,11). The molecule has 0 bridgehead atoms. The molecule has 1 N–H and O–H groups in total. The first-order chi connectivity index (χ1) is 5.86. The number of nitrogens with zero attached hydrogens (tertiary/aromatic N) is 2. The van der Waals surface area contributed by atoms with Crippen molar-refractivity contribution in [2.45, 2.75) is 0 Å². The smallest absolute Gasteiger partial charge is 0.197 e. The van der Waals surface area contributed by atoms with Crippen LogP contribution in [0.3, 0.4) is 0 Å². The zero-order chi connectivity index (χ0) is 8.39. The Morgan fingerprint density at radius 3 is 2.92 bits per heavy atom. The largest absolute Gasteiger partial charge is 0.330 e. The topological polar surface area (TPSA) is 41.6 Å².